The summed E-state index contributed by atoms with van der Waals surface area (Å²) in [7, 11) is 0. The fraction of sp³-hybridized carbons (Fsp3) is 0.571. The lowest BCUT2D eigenvalue weighted by Gasteiger charge is -2.49. The van der Waals surface area contributed by atoms with Gasteiger partial charge in [0.25, 0.3) is 5.56 Å². The molecule has 3 aliphatic carbocycles. The molecule has 0 aromatic carbocycles. The lowest BCUT2D eigenvalue weighted by molar-refractivity contribution is -0.147. The molecular formula is C21H21F6N7O2. The minimum absolute atomic E-state index is 0.0455. The molecule has 0 atom stereocenters. The average molecular weight is 517 g/mol. The van der Waals surface area contributed by atoms with Gasteiger partial charge in [0.2, 0.25) is 11.9 Å². The summed E-state index contributed by atoms with van der Waals surface area (Å²) < 4.78 is 77.3. The molecule has 4 aliphatic rings. The number of carbonyl (C=O) groups is 1. The standard InChI is InChI=1S/C21H21F6N7O2/c22-20(23,24)12-8-28-17(29-9-12)34-5-3-33(4-6-34)16(36)18-1-2-19(10-18,11-18)30-14-7-13(21(25,26)27)15(35)32-31-14/h7-9H,1-6,10-11H2,(H,30,31)(H,32,35). The number of hydrogen-bond donors (Lipinski definition) is 2. The molecule has 0 radical (unpaired) electrons. The van der Waals surface area contributed by atoms with Gasteiger partial charge in [0, 0.05) is 50.2 Å². The van der Waals surface area contributed by atoms with Crippen LogP contribution < -0.4 is 15.8 Å². The minimum atomic E-state index is -4.81. The van der Waals surface area contributed by atoms with E-state index in [-0.39, 0.29) is 17.7 Å². The van der Waals surface area contributed by atoms with Crippen molar-refractivity contribution in [1.82, 2.24) is 25.1 Å². The van der Waals surface area contributed by atoms with Gasteiger partial charge in [-0.25, -0.2) is 15.1 Å². The number of piperazine rings is 1. The number of nitrogens with one attached hydrogen (secondary N) is 2. The number of hydrogen-bond acceptors (Lipinski definition) is 7. The van der Waals surface area contributed by atoms with Gasteiger partial charge >= 0.3 is 12.4 Å². The fourth-order valence-electron chi connectivity index (χ4n) is 5.51. The molecule has 4 fully saturated rings. The Balaban J connectivity index is 1.19. The Morgan fingerprint density at radius 1 is 0.972 bits per heavy atom. The van der Waals surface area contributed by atoms with E-state index in [9.17, 15) is 35.9 Å². The van der Waals surface area contributed by atoms with Crippen molar-refractivity contribution in [2.45, 2.75) is 43.6 Å². The number of aromatic amines is 1. The molecule has 2 aromatic heterocycles. The summed E-state index contributed by atoms with van der Waals surface area (Å²) in [6.07, 6.45) is -5.87. The van der Waals surface area contributed by atoms with Crippen molar-refractivity contribution in [2.24, 2.45) is 5.41 Å². The molecule has 2 bridgehead atoms. The molecule has 6 rings (SSSR count). The highest BCUT2D eigenvalue weighted by Crippen LogP contribution is 2.63. The largest absolute Gasteiger partial charge is 0.421 e. The van der Waals surface area contributed by atoms with Crippen LogP contribution in [-0.4, -0.2) is 62.7 Å². The van der Waals surface area contributed by atoms with Gasteiger partial charge in [-0.1, -0.05) is 0 Å². The van der Waals surface area contributed by atoms with Gasteiger partial charge in [0.05, 0.1) is 11.0 Å². The lowest BCUT2D eigenvalue weighted by Crippen LogP contribution is -2.59. The van der Waals surface area contributed by atoms with Crippen LogP contribution in [0.4, 0.5) is 38.1 Å². The molecule has 0 unspecified atom stereocenters. The van der Waals surface area contributed by atoms with E-state index in [0.717, 1.165) is 12.4 Å². The third kappa shape index (κ3) is 4.23. The lowest BCUT2D eigenvalue weighted by atomic mass is 9.64. The molecular weight excluding hydrogens is 496 g/mol. The summed E-state index contributed by atoms with van der Waals surface area (Å²) in [5.41, 5.74) is -4.79. The molecule has 9 nitrogen and oxygen atoms in total. The van der Waals surface area contributed by atoms with Crippen LogP contribution in [0.1, 0.15) is 36.8 Å². The van der Waals surface area contributed by atoms with Crippen molar-refractivity contribution in [1.29, 1.82) is 0 Å². The second-order valence-electron chi connectivity index (χ2n) is 9.58. The molecule has 2 aromatic rings. The van der Waals surface area contributed by atoms with Gasteiger partial charge in [0.15, 0.2) is 0 Å². The number of H-pyrrole nitrogens is 1. The molecule has 1 saturated heterocycles. The Morgan fingerprint density at radius 3 is 2.19 bits per heavy atom. The molecule has 2 N–H and O–H groups in total. The Kier molecular flexibility index (Phi) is 5.44. The second kappa shape index (κ2) is 8.06. The number of amides is 1. The predicted molar refractivity (Wildman–Crippen MR) is 113 cm³/mol. The molecule has 0 spiro atoms. The quantitative estimate of drug-likeness (QED) is 0.601. The van der Waals surface area contributed by atoms with E-state index in [1.54, 1.807) is 9.80 Å². The van der Waals surface area contributed by atoms with Crippen LogP contribution in [0.25, 0.3) is 0 Å². The van der Waals surface area contributed by atoms with E-state index in [1.807, 2.05) is 5.10 Å². The first-order chi connectivity index (χ1) is 16.8. The van der Waals surface area contributed by atoms with Gasteiger partial charge < -0.3 is 15.1 Å². The van der Waals surface area contributed by atoms with Crippen LogP contribution in [0.3, 0.4) is 0 Å². The van der Waals surface area contributed by atoms with Crippen molar-refractivity contribution < 1.29 is 31.1 Å². The number of aromatic nitrogens is 4. The maximum absolute atomic E-state index is 13.3. The first kappa shape index (κ1) is 24.3. The third-order valence-corrected chi connectivity index (χ3v) is 7.21. The van der Waals surface area contributed by atoms with E-state index in [4.69, 9.17) is 0 Å². The summed E-state index contributed by atoms with van der Waals surface area (Å²) >= 11 is 0. The fourth-order valence-corrected chi connectivity index (χ4v) is 5.51. The van der Waals surface area contributed by atoms with Crippen molar-refractivity contribution in [3.8, 4) is 0 Å². The number of carbonyl (C=O) groups excluding carboxylic acids is 1. The second-order valence-corrected chi connectivity index (χ2v) is 9.58. The van der Waals surface area contributed by atoms with E-state index in [2.05, 4.69) is 20.4 Å². The molecule has 1 amide bonds. The average Bonchev–Trinajstić information content (AvgIpc) is 3.35. The van der Waals surface area contributed by atoms with Crippen molar-refractivity contribution in [3.63, 3.8) is 0 Å². The molecule has 15 heteroatoms. The first-order valence-corrected chi connectivity index (χ1v) is 11.2. The third-order valence-electron chi connectivity index (χ3n) is 7.21. The topological polar surface area (TPSA) is 107 Å². The number of halogens is 6. The first-order valence-electron chi connectivity index (χ1n) is 11.2. The Hall–Kier alpha value is -3.39. The number of alkyl halides is 6. The monoisotopic (exact) mass is 517 g/mol. The summed E-state index contributed by atoms with van der Waals surface area (Å²) in [5.74, 6) is 0.0125. The summed E-state index contributed by atoms with van der Waals surface area (Å²) in [6.45, 7) is 1.42. The highest BCUT2D eigenvalue weighted by molar-refractivity contribution is 5.86. The van der Waals surface area contributed by atoms with Crippen LogP contribution >= 0.6 is 0 Å². The summed E-state index contributed by atoms with van der Waals surface area (Å²) in [5, 5.41) is 8.53. The highest BCUT2D eigenvalue weighted by atomic mass is 19.4. The number of nitrogens with zero attached hydrogens (tertiary/aromatic N) is 5. The van der Waals surface area contributed by atoms with Crippen molar-refractivity contribution in [3.05, 3.63) is 39.9 Å². The maximum Gasteiger partial charge on any atom is 0.421 e. The SMILES string of the molecule is O=C(N1CCN(c2ncc(C(F)(F)F)cn2)CC1)C12CCC(Nc3cc(C(F)(F)F)c(=O)[nH]n3)(C1)C2. The van der Waals surface area contributed by atoms with Crippen molar-refractivity contribution in [2.75, 3.05) is 36.4 Å². The normalized spacial score (nSPS) is 26.1. The maximum atomic E-state index is 13.3. The zero-order valence-corrected chi connectivity index (χ0v) is 18.7. The van der Waals surface area contributed by atoms with E-state index < -0.39 is 40.0 Å². The Labute approximate surface area is 199 Å². The molecule has 3 heterocycles. The zero-order chi connectivity index (χ0) is 25.9. The Morgan fingerprint density at radius 2 is 1.61 bits per heavy atom. The minimum Gasteiger partial charge on any atom is -0.363 e. The van der Waals surface area contributed by atoms with E-state index in [1.165, 1.54) is 0 Å². The number of fused-ring (bicyclic) bond motifs is 1. The van der Waals surface area contributed by atoms with Gasteiger partial charge in [-0.15, -0.1) is 0 Å². The van der Waals surface area contributed by atoms with Crippen molar-refractivity contribution >= 4 is 17.7 Å². The Bertz CT molecular complexity index is 1210. The smallest absolute Gasteiger partial charge is 0.363 e. The molecule has 194 valence electrons. The molecule has 3 saturated carbocycles. The van der Waals surface area contributed by atoms with Crippen LogP contribution in [0, 0.1) is 5.41 Å². The van der Waals surface area contributed by atoms with Crippen LogP contribution in [-0.2, 0) is 17.1 Å². The highest BCUT2D eigenvalue weighted by Gasteiger charge is 2.65. The van der Waals surface area contributed by atoms with Crippen LogP contribution in [0.2, 0.25) is 0 Å². The number of rotatable bonds is 4. The van der Waals surface area contributed by atoms with Crippen LogP contribution in [0.5, 0.6) is 0 Å². The van der Waals surface area contributed by atoms with E-state index in [0.29, 0.717) is 57.9 Å². The number of anilines is 2. The van der Waals surface area contributed by atoms with Gasteiger partial charge in [-0.2, -0.15) is 31.4 Å². The van der Waals surface area contributed by atoms with Crippen LogP contribution in [0.15, 0.2) is 23.3 Å². The molecule has 1 aliphatic heterocycles. The predicted octanol–water partition coefficient (Wildman–Crippen LogP) is 2.67. The summed E-state index contributed by atoms with van der Waals surface area (Å²) in [4.78, 5) is 35.8. The van der Waals surface area contributed by atoms with Gasteiger partial charge in [-0.3, -0.25) is 9.59 Å². The van der Waals surface area contributed by atoms with Gasteiger partial charge in [0.1, 0.15) is 11.4 Å². The molecule has 36 heavy (non-hydrogen) atoms. The summed E-state index contributed by atoms with van der Waals surface area (Å²) in [6, 6.07) is 0.677. The van der Waals surface area contributed by atoms with Gasteiger partial charge in [-0.05, 0) is 25.7 Å². The zero-order valence-electron chi connectivity index (χ0n) is 18.7. The van der Waals surface area contributed by atoms with E-state index >= 15 is 0 Å².